The number of carbonyl (C=O) groups excluding carboxylic acids is 2. The van der Waals surface area contributed by atoms with Crippen molar-refractivity contribution in [2.24, 2.45) is 11.8 Å². The number of fused-ring (bicyclic) bond motifs is 3. The summed E-state index contributed by atoms with van der Waals surface area (Å²) in [4.78, 5) is 26.6. The summed E-state index contributed by atoms with van der Waals surface area (Å²) in [5, 5.41) is 1.97. The topological polar surface area (TPSA) is 34.1 Å². The summed E-state index contributed by atoms with van der Waals surface area (Å²) >= 11 is 4.95. The van der Waals surface area contributed by atoms with E-state index in [9.17, 15) is 9.59 Å². The maximum absolute atomic E-state index is 12.9. The molecule has 3 fully saturated rings. The van der Waals surface area contributed by atoms with E-state index in [0.29, 0.717) is 12.5 Å². The molecule has 0 aliphatic carbocycles. The summed E-state index contributed by atoms with van der Waals surface area (Å²) in [6.45, 7) is 3.40. The first-order chi connectivity index (χ1) is 12.1. The van der Waals surface area contributed by atoms with Crippen LogP contribution in [-0.4, -0.2) is 42.2 Å². The Morgan fingerprint density at radius 1 is 1.12 bits per heavy atom. The Morgan fingerprint density at radius 3 is 2.48 bits per heavy atom. The van der Waals surface area contributed by atoms with Crippen LogP contribution >= 0.6 is 27.3 Å². The number of piperidine rings is 3. The van der Waals surface area contributed by atoms with Gasteiger partial charge in [0.2, 0.25) is 5.78 Å². The van der Waals surface area contributed by atoms with E-state index in [1.807, 2.05) is 41.8 Å². The number of ketones is 2. The highest BCUT2D eigenvalue weighted by atomic mass is 79.9. The highest BCUT2D eigenvalue weighted by Gasteiger charge is 2.49. The monoisotopic (exact) mass is 418 g/mol. The first-order valence-corrected chi connectivity index (χ1v) is 10.5. The molecule has 1 aromatic carbocycles. The number of nitrogens with zero attached hydrogens (tertiary/aromatic N) is 1. The van der Waals surface area contributed by atoms with Gasteiger partial charge in [-0.2, -0.15) is 0 Å². The Bertz CT molecular complexity index is 777. The van der Waals surface area contributed by atoms with E-state index in [2.05, 4.69) is 15.9 Å². The largest absolute Gasteiger partial charge is 0.316 e. The van der Waals surface area contributed by atoms with E-state index in [0.717, 1.165) is 51.9 Å². The number of benzene rings is 1. The quantitative estimate of drug-likeness (QED) is 0.531. The lowest BCUT2D eigenvalue weighted by atomic mass is 9.74. The fourth-order valence-electron chi connectivity index (χ4n) is 4.44. The summed E-state index contributed by atoms with van der Waals surface area (Å²) in [6.07, 6.45) is 2.13. The molecule has 5 rings (SSSR count). The van der Waals surface area contributed by atoms with E-state index in [1.165, 1.54) is 11.3 Å². The van der Waals surface area contributed by atoms with Crippen LogP contribution in [0.5, 0.6) is 0 Å². The number of rotatable bonds is 5. The molecule has 25 heavy (non-hydrogen) atoms. The van der Waals surface area contributed by atoms with Gasteiger partial charge < -0.3 is 4.48 Å². The Balaban J connectivity index is 1.52. The molecule has 1 atom stereocenters. The van der Waals surface area contributed by atoms with Crippen molar-refractivity contribution in [1.29, 1.82) is 0 Å². The average molecular weight is 419 g/mol. The van der Waals surface area contributed by atoms with Gasteiger partial charge in [0, 0.05) is 22.9 Å². The van der Waals surface area contributed by atoms with Crippen LogP contribution in [0, 0.1) is 11.8 Å². The van der Waals surface area contributed by atoms with Gasteiger partial charge in [0.15, 0.2) is 5.78 Å². The minimum absolute atomic E-state index is 0.0823. The number of quaternary nitrogens is 1. The highest BCUT2D eigenvalue weighted by molar-refractivity contribution is 9.10. The lowest BCUT2D eigenvalue weighted by molar-refractivity contribution is -0.937. The van der Waals surface area contributed by atoms with Gasteiger partial charge in [0.1, 0.15) is 6.54 Å². The third-order valence-corrected chi connectivity index (χ3v) is 7.26. The molecule has 2 bridgehead atoms. The number of hydrogen-bond donors (Lipinski definition) is 0. The van der Waals surface area contributed by atoms with Crippen molar-refractivity contribution in [1.82, 2.24) is 0 Å². The van der Waals surface area contributed by atoms with Gasteiger partial charge >= 0.3 is 0 Å². The standard InChI is InChI=1S/C20H21BrNO2S/c21-16-5-3-15(4-6-16)18(23)13-22-9-7-14(8-10-22)17(12-22)20(24)19-2-1-11-25-19/h1-6,11,14,17H,7-10,12-13H2/q+1/t14?,17-,22?/m0/s1. The summed E-state index contributed by atoms with van der Waals surface area (Å²) in [7, 11) is 0. The molecule has 2 aromatic rings. The zero-order chi connectivity index (χ0) is 17.4. The predicted octanol–water partition coefficient (Wildman–Crippen LogP) is 4.43. The Hall–Kier alpha value is -1.30. The molecular weight excluding hydrogens is 398 g/mol. The van der Waals surface area contributed by atoms with Crippen LogP contribution in [-0.2, 0) is 0 Å². The highest BCUT2D eigenvalue weighted by Crippen LogP contribution is 2.40. The van der Waals surface area contributed by atoms with Crippen LogP contribution < -0.4 is 0 Å². The van der Waals surface area contributed by atoms with Crippen molar-refractivity contribution in [2.75, 3.05) is 26.2 Å². The first kappa shape index (κ1) is 17.1. The summed E-state index contributed by atoms with van der Waals surface area (Å²) in [5.74, 6) is 1.06. The molecular formula is C20H21BrNO2S+. The second kappa shape index (κ2) is 6.78. The van der Waals surface area contributed by atoms with Gasteiger partial charge in [-0.3, -0.25) is 9.59 Å². The van der Waals surface area contributed by atoms with Crippen molar-refractivity contribution >= 4 is 38.8 Å². The van der Waals surface area contributed by atoms with Crippen molar-refractivity contribution in [3.8, 4) is 0 Å². The molecule has 130 valence electrons. The molecule has 1 aromatic heterocycles. The zero-order valence-corrected chi connectivity index (χ0v) is 16.4. The summed E-state index contributed by atoms with van der Waals surface area (Å²) in [6, 6.07) is 11.5. The molecule has 0 spiro atoms. The Labute approximate surface area is 160 Å². The van der Waals surface area contributed by atoms with Crippen LogP contribution in [0.1, 0.15) is 32.9 Å². The number of hydrogen-bond acceptors (Lipinski definition) is 3. The van der Waals surface area contributed by atoms with Gasteiger partial charge in [0.25, 0.3) is 0 Å². The van der Waals surface area contributed by atoms with Crippen molar-refractivity contribution in [3.05, 3.63) is 56.7 Å². The smallest absolute Gasteiger partial charge is 0.216 e. The van der Waals surface area contributed by atoms with Crippen LogP contribution in [0.15, 0.2) is 46.3 Å². The number of halogens is 1. The second-order valence-electron chi connectivity index (χ2n) is 7.35. The third kappa shape index (κ3) is 3.37. The number of carbonyl (C=O) groups is 2. The predicted molar refractivity (Wildman–Crippen MR) is 103 cm³/mol. The molecule has 3 nitrogen and oxygen atoms in total. The Morgan fingerprint density at radius 2 is 1.84 bits per heavy atom. The van der Waals surface area contributed by atoms with E-state index in [-0.39, 0.29) is 17.5 Å². The number of thiophene rings is 1. The minimum Gasteiger partial charge on any atom is -0.316 e. The maximum Gasteiger partial charge on any atom is 0.216 e. The van der Waals surface area contributed by atoms with Gasteiger partial charge in [-0.25, -0.2) is 0 Å². The van der Waals surface area contributed by atoms with E-state index in [1.54, 1.807) is 0 Å². The van der Waals surface area contributed by atoms with E-state index in [4.69, 9.17) is 0 Å². The molecule has 0 saturated carbocycles. The maximum atomic E-state index is 12.9. The third-order valence-electron chi connectivity index (χ3n) is 5.85. The summed E-state index contributed by atoms with van der Waals surface area (Å²) < 4.78 is 1.77. The fourth-order valence-corrected chi connectivity index (χ4v) is 5.43. The second-order valence-corrected chi connectivity index (χ2v) is 9.21. The molecule has 3 aliphatic heterocycles. The SMILES string of the molecule is O=C(C[N+]12CCC(CC1)[C@@H](C(=O)c1cccs1)C2)c1ccc(Br)cc1. The van der Waals surface area contributed by atoms with Crippen LogP contribution in [0.2, 0.25) is 0 Å². The van der Waals surface area contributed by atoms with Crippen molar-refractivity contribution in [3.63, 3.8) is 0 Å². The summed E-state index contributed by atoms with van der Waals surface area (Å²) in [5.41, 5.74) is 0.768. The van der Waals surface area contributed by atoms with E-state index >= 15 is 0 Å². The molecule has 0 unspecified atom stereocenters. The van der Waals surface area contributed by atoms with Gasteiger partial charge in [-0.15, -0.1) is 11.3 Å². The minimum atomic E-state index is 0.0823. The number of Topliss-reactive ketones (excluding diaryl/α,β-unsaturated/α-hetero) is 2. The fraction of sp³-hybridized carbons (Fsp3) is 0.400. The first-order valence-electron chi connectivity index (χ1n) is 8.78. The normalized spacial score (nSPS) is 28.0. The molecule has 4 heterocycles. The van der Waals surface area contributed by atoms with Gasteiger partial charge in [-0.05, 0) is 29.5 Å². The van der Waals surface area contributed by atoms with E-state index < -0.39 is 0 Å². The van der Waals surface area contributed by atoms with Crippen molar-refractivity contribution in [2.45, 2.75) is 12.8 Å². The molecule has 5 heteroatoms. The lowest BCUT2D eigenvalue weighted by Crippen LogP contribution is -2.64. The van der Waals surface area contributed by atoms with Gasteiger partial charge in [-0.1, -0.05) is 34.1 Å². The molecule has 3 saturated heterocycles. The van der Waals surface area contributed by atoms with Gasteiger partial charge in [0.05, 0.1) is 30.4 Å². The lowest BCUT2D eigenvalue weighted by Gasteiger charge is -2.51. The zero-order valence-electron chi connectivity index (χ0n) is 14.0. The van der Waals surface area contributed by atoms with Crippen LogP contribution in [0.25, 0.3) is 0 Å². The molecule has 0 radical (unpaired) electrons. The van der Waals surface area contributed by atoms with Crippen molar-refractivity contribution < 1.29 is 14.1 Å². The average Bonchev–Trinajstić information content (AvgIpc) is 3.17. The van der Waals surface area contributed by atoms with Crippen LogP contribution in [0.4, 0.5) is 0 Å². The van der Waals surface area contributed by atoms with Crippen LogP contribution in [0.3, 0.4) is 0 Å². The molecule has 3 aliphatic rings. The Kier molecular flexibility index (Phi) is 4.65. The molecule has 0 amide bonds. The molecule has 0 N–H and O–H groups in total.